The molecule has 0 saturated carbocycles. The lowest BCUT2D eigenvalue weighted by Gasteiger charge is -2.21. The lowest BCUT2D eigenvalue weighted by Crippen LogP contribution is -2.06. The van der Waals surface area contributed by atoms with Crippen LogP contribution >= 0.6 is 10.0 Å². The molecule has 0 atom stereocenters. The van der Waals surface area contributed by atoms with E-state index in [0.29, 0.717) is 4.91 Å². The van der Waals surface area contributed by atoms with Crippen LogP contribution in [0.1, 0.15) is 0 Å². The van der Waals surface area contributed by atoms with Gasteiger partial charge in [-0.2, -0.15) is 10.0 Å². The number of carboxylic acid groups (broad SMARTS) is 1. The van der Waals surface area contributed by atoms with Crippen LogP contribution in [0, 0.1) is 0 Å². The van der Waals surface area contributed by atoms with Gasteiger partial charge in [0.2, 0.25) is 0 Å². The Morgan fingerprint density at radius 3 is 2.50 bits per heavy atom. The molecule has 1 heterocycles. The summed E-state index contributed by atoms with van der Waals surface area (Å²) in [7, 11) is -1.22. The highest BCUT2D eigenvalue weighted by molar-refractivity contribution is 8.46. The first-order valence-corrected chi connectivity index (χ1v) is 5.25. The van der Waals surface area contributed by atoms with Crippen LogP contribution in [0.2, 0.25) is 0 Å². The van der Waals surface area contributed by atoms with Crippen LogP contribution in [0.15, 0.2) is 16.1 Å². The van der Waals surface area contributed by atoms with E-state index in [1.165, 1.54) is 6.20 Å². The van der Waals surface area contributed by atoms with E-state index in [-0.39, 0.29) is 0 Å². The summed E-state index contributed by atoms with van der Waals surface area (Å²) < 4.78 is 0. The minimum atomic E-state index is -1.22. The van der Waals surface area contributed by atoms with Gasteiger partial charge < -0.3 is 5.11 Å². The number of hydrogen-bond acceptors (Lipinski definition) is 2. The molecule has 1 aliphatic rings. The van der Waals surface area contributed by atoms with Gasteiger partial charge in [0, 0.05) is 11.7 Å². The maximum absolute atomic E-state index is 10.5. The van der Waals surface area contributed by atoms with Crippen LogP contribution in [0.4, 0.5) is 0 Å². The zero-order chi connectivity index (χ0) is 7.78. The van der Waals surface area contributed by atoms with Crippen LogP contribution < -0.4 is 0 Å². The minimum Gasteiger partial charge on any atom is -0.477 e. The largest absolute Gasteiger partial charge is 0.477 e. The number of nitrogens with zero attached hydrogens (tertiary/aromatic N) is 1. The maximum atomic E-state index is 10.5. The van der Waals surface area contributed by atoms with Gasteiger partial charge in [0.05, 0.1) is 4.91 Å². The highest BCUT2D eigenvalue weighted by Gasteiger charge is 2.24. The Hall–Kier alpha value is -0.770. The Labute approximate surface area is 60.8 Å². The van der Waals surface area contributed by atoms with E-state index in [9.17, 15) is 4.79 Å². The topological polar surface area (TPSA) is 49.7 Å². The van der Waals surface area contributed by atoms with Crippen molar-refractivity contribution in [3.63, 3.8) is 0 Å². The molecule has 56 valence electrons. The molecule has 0 saturated heterocycles. The summed E-state index contributed by atoms with van der Waals surface area (Å²) in [5, 5.41) is 8.62. The van der Waals surface area contributed by atoms with E-state index in [1.54, 1.807) is 5.55 Å². The SMILES string of the molecule is CS1(C)C=NC=C1C(=O)O. The van der Waals surface area contributed by atoms with Crippen LogP contribution in [-0.2, 0) is 4.79 Å². The third-order valence-corrected chi connectivity index (χ3v) is 3.36. The number of carbonyl (C=O) groups is 1. The number of carboxylic acids is 1. The second-order valence-corrected chi connectivity index (χ2v) is 5.92. The molecule has 3 nitrogen and oxygen atoms in total. The van der Waals surface area contributed by atoms with Crippen molar-refractivity contribution in [1.82, 2.24) is 0 Å². The molecule has 0 fully saturated rings. The third kappa shape index (κ3) is 1.07. The molecule has 1 aliphatic heterocycles. The van der Waals surface area contributed by atoms with Crippen molar-refractivity contribution in [2.45, 2.75) is 0 Å². The summed E-state index contributed by atoms with van der Waals surface area (Å²) in [5.74, 6) is -0.850. The summed E-state index contributed by atoms with van der Waals surface area (Å²) in [6.07, 6.45) is 5.24. The lowest BCUT2D eigenvalue weighted by molar-refractivity contribution is -0.131. The van der Waals surface area contributed by atoms with Crippen LogP contribution in [0.25, 0.3) is 0 Å². The zero-order valence-corrected chi connectivity index (χ0v) is 6.68. The Morgan fingerprint density at radius 2 is 2.30 bits per heavy atom. The van der Waals surface area contributed by atoms with Gasteiger partial charge in [-0.05, 0) is 12.5 Å². The van der Waals surface area contributed by atoms with E-state index in [0.717, 1.165) is 0 Å². The number of hydrogen-bond donors (Lipinski definition) is 1. The zero-order valence-electron chi connectivity index (χ0n) is 5.87. The smallest absolute Gasteiger partial charge is 0.342 e. The first-order chi connectivity index (χ1) is 4.54. The fourth-order valence-electron chi connectivity index (χ4n) is 0.723. The summed E-state index contributed by atoms with van der Waals surface area (Å²) in [5.41, 5.74) is 1.72. The first kappa shape index (κ1) is 7.34. The number of rotatable bonds is 1. The Bertz CT molecular complexity index is 230. The van der Waals surface area contributed by atoms with E-state index in [4.69, 9.17) is 5.11 Å². The van der Waals surface area contributed by atoms with E-state index in [1.807, 2.05) is 12.5 Å². The third-order valence-electron chi connectivity index (χ3n) is 1.29. The molecule has 10 heavy (non-hydrogen) atoms. The van der Waals surface area contributed by atoms with Crippen molar-refractivity contribution in [2.24, 2.45) is 4.99 Å². The molecule has 4 heteroatoms. The summed E-state index contributed by atoms with van der Waals surface area (Å²) in [6.45, 7) is 0. The summed E-state index contributed by atoms with van der Waals surface area (Å²) in [4.78, 5) is 14.7. The second kappa shape index (κ2) is 2.12. The van der Waals surface area contributed by atoms with E-state index >= 15 is 0 Å². The molecule has 0 radical (unpaired) electrons. The van der Waals surface area contributed by atoms with Gasteiger partial charge in [-0.3, -0.25) is 4.99 Å². The molecule has 0 aromatic heterocycles. The van der Waals surface area contributed by atoms with Crippen LogP contribution in [-0.4, -0.2) is 29.1 Å². The molecular weight excluding hydrogens is 150 g/mol. The van der Waals surface area contributed by atoms with Gasteiger partial charge in [-0.25, -0.2) is 4.79 Å². The van der Waals surface area contributed by atoms with E-state index in [2.05, 4.69) is 4.99 Å². The van der Waals surface area contributed by atoms with Crippen LogP contribution in [0.3, 0.4) is 0 Å². The van der Waals surface area contributed by atoms with Gasteiger partial charge in [-0.1, -0.05) is 0 Å². The molecule has 0 unspecified atom stereocenters. The average Bonchev–Trinajstić information content (AvgIpc) is 2.08. The summed E-state index contributed by atoms with van der Waals surface area (Å²) in [6, 6.07) is 0. The van der Waals surface area contributed by atoms with Crippen molar-refractivity contribution in [2.75, 3.05) is 12.5 Å². The predicted octanol–water partition coefficient (Wildman–Crippen LogP) is 1.02. The van der Waals surface area contributed by atoms with Crippen molar-refractivity contribution in [3.8, 4) is 0 Å². The van der Waals surface area contributed by atoms with E-state index < -0.39 is 16.0 Å². The van der Waals surface area contributed by atoms with Gasteiger partial charge in [0.15, 0.2) is 0 Å². The Kier molecular flexibility index (Phi) is 1.56. The molecule has 0 bridgehead atoms. The predicted molar refractivity (Wildman–Crippen MR) is 43.6 cm³/mol. The summed E-state index contributed by atoms with van der Waals surface area (Å²) >= 11 is 0. The molecule has 0 aromatic rings. The molecule has 0 amide bonds. The van der Waals surface area contributed by atoms with Crippen molar-refractivity contribution < 1.29 is 9.90 Å². The number of aliphatic imine (C=N–C) groups is 1. The van der Waals surface area contributed by atoms with Crippen molar-refractivity contribution in [3.05, 3.63) is 11.1 Å². The average molecular weight is 159 g/mol. The molecule has 0 aromatic carbocycles. The van der Waals surface area contributed by atoms with Gasteiger partial charge in [0.1, 0.15) is 0 Å². The Morgan fingerprint density at radius 1 is 1.70 bits per heavy atom. The standard InChI is InChI=1S/C6H9NO2S/c1-10(2)4-7-3-5(10)6(8)9/h3-4H,1-2H3,(H,8,9). The minimum absolute atomic E-state index is 0.438. The first-order valence-electron chi connectivity index (χ1n) is 2.74. The normalized spacial score (nSPS) is 24.0. The van der Waals surface area contributed by atoms with Crippen molar-refractivity contribution >= 4 is 21.5 Å². The van der Waals surface area contributed by atoms with Gasteiger partial charge in [0.25, 0.3) is 0 Å². The maximum Gasteiger partial charge on any atom is 0.342 e. The van der Waals surface area contributed by atoms with Crippen LogP contribution in [0.5, 0.6) is 0 Å². The monoisotopic (exact) mass is 159 g/mol. The molecule has 1 rings (SSSR count). The molecule has 0 spiro atoms. The van der Waals surface area contributed by atoms with Crippen molar-refractivity contribution in [1.29, 1.82) is 0 Å². The van der Waals surface area contributed by atoms with Gasteiger partial charge in [-0.15, -0.1) is 0 Å². The molecule has 0 aliphatic carbocycles. The van der Waals surface area contributed by atoms with Gasteiger partial charge >= 0.3 is 5.97 Å². The highest BCUT2D eigenvalue weighted by atomic mass is 32.3. The second-order valence-electron chi connectivity index (χ2n) is 2.46. The fraction of sp³-hybridized carbons (Fsp3) is 0.333. The fourth-order valence-corrected chi connectivity index (χ4v) is 1.98. The molecular formula is C6H9NO2S. The number of aliphatic carboxylic acids is 1. The quantitative estimate of drug-likeness (QED) is 0.621. The Balaban J connectivity index is 2.93. The molecule has 1 N–H and O–H groups in total. The lowest BCUT2D eigenvalue weighted by atomic mass is 10.6. The highest BCUT2D eigenvalue weighted by Crippen LogP contribution is 2.48.